The van der Waals surface area contributed by atoms with Crippen molar-refractivity contribution in [3.05, 3.63) is 119 Å². The van der Waals surface area contributed by atoms with Gasteiger partial charge in [0.25, 0.3) is 0 Å². The van der Waals surface area contributed by atoms with Crippen LogP contribution < -0.4 is 10.1 Å². The lowest BCUT2D eigenvalue weighted by atomic mass is 9.75. The number of aliphatic imine (C=N–C) groups is 1. The predicted octanol–water partition coefficient (Wildman–Crippen LogP) is 6.29. The summed E-state index contributed by atoms with van der Waals surface area (Å²) in [6.45, 7) is 0. The lowest BCUT2D eigenvalue weighted by Crippen LogP contribution is -2.34. The number of hydrogen-bond donors (Lipinski definition) is 3. The van der Waals surface area contributed by atoms with Gasteiger partial charge in [0, 0.05) is 53.6 Å². The van der Waals surface area contributed by atoms with E-state index in [-0.39, 0.29) is 17.5 Å². The number of phenols is 2. The number of rotatable bonds is 3. The summed E-state index contributed by atoms with van der Waals surface area (Å²) >= 11 is 1.62. The molecule has 41 heavy (non-hydrogen) atoms. The second-order valence-corrected chi connectivity index (χ2v) is 11.1. The van der Waals surface area contributed by atoms with Gasteiger partial charge in [0.05, 0.1) is 6.04 Å². The van der Waals surface area contributed by atoms with Crippen LogP contribution in [0.2, 0.25) is 0 Å². The molecular formula is C33H26N2O5S. The molecule has 7 nitrogen and oxygen atoms in total. The van der Waals surface area contributed by atoms with Crippen molar-refractivity contribution in [2.45, 2.75) is 23.8 Å². The summed E-state index contributed by atoms with van der Waals surface area (Å²) in [6, 6.07) is 23.9. The molecular weight excluding hydrogens is 536 g/mol. The first kappa shape index (κ1) is 25.3. The Morgan fingerprint density at radius 2 is 1.71 bits per heavy atom. The van der Waals surface area contributed by atoms with Crippen molar-refractivity contribution in [1.29, 1.82) is 0 Å². The molecule has 1 unspecified atom stereocenters. The highest BCUT2D eigenvalue weighted by Crippen LogP contribution is 2.58. The summed E-state index contributed by atoms with van der Waals surface area (Å²) in [5, 5.41) is 26.7. The zero-order chi connectivity index (χ0) is 28.1. The van der Waals surface area contributed by atoms with E-state index >= 15 is 0 Å². The maximum Gasteiger partial charge on any atom is 0.336 e. The summed E-state index contributed by atoms with van der Waals surface area (Å²) < 4.78 is 12.2. The highest BCUT2D eigenvalue weighted by molar-refractivity contribution is 8.13. The van der Waals surface area contributed by atoms with Crippen LogP contribution in [0.25, 0.3) is 10.8 Å². The van der Waals surface area contributed by atoms with E-state index < -0.39 is 11.6 Å². The van der Waals surface area contributed by atoms with Crippen LogP contribution in [0.3, 0.4) is 0 Å². The highest BCUT2D eigenvalue weighted by atomic mass is 32.2. The highest BCUT2D eigenvalue weighted by Gasteiger charge is 2.55. The normalized spacial score (nSPS) is 18.5. The average Bonchev–Trinajstić information content (AvgIpc) is 3.26. The van der Waals surface area contributed by atoms with Crippen LogP contribution in [0.15, 0.2) is 107 Å². The molecule has 204 valence electrons. The van der Waals surface area contributed by atoms with E-state index in [9.17, 15) is 15.0 Å². The largest absolute Gasteiger partial charge is 0.508 e. The van der Waals surface area contributed by atoms with E-state index in [1.807, 2.05) is 25.3 Å². The average molecular weight is 563 g/mol. The molecule has 0 amide bonds. The van der Waals surface area contributed by atoms with E-state index in [0.717, 1.165) is 10.9 Å². The monoisotopic (exact) mass is 562 g/mol. The van der Waals surface area contributed by atoms with Gasteiger partial charge in [-0.1, -0.05) is 66.4 Å². The van der Waals surface area contributed by atoms with Crippen LogP contribution >= 0.6 is 11.8 Å². The van der Waals surface area contributed by atoms with Crippen LogP contribution in [0.1, 0.15) is 23.1 Å². The predicted molar refractivity (Wildman–Crippen MR) is 159 cm³/mol. The van der Waals surface area contributed by atoms with Gasteiger partial charge in [-0.2, -0.15) is 0 Å². The lowest BCUT2D eigenvalue weighted by molar-refractivity contribution is -0.145. The molecule has 2 aliphatic heterocycles. The molecule has 0 aromatic heterocycles. The van der Waals surface area contributed by atoms with Crippen LogP contribution in [-0.2, 0) is 20.9 Å². The SMILES string of the molecule is CN/C(=N\C1C=CC2=C(C1)C(=O)OC21c2ccc(O)cc2Oc2cc(O)ccc21)SCc1cccc2ccccc12. The minimum Gasteiger partial charge on any atom is -0.508 e. The van der Waals surface area contributed by atoms with Gasteiger partial charge in [0.2, 0.25) is 0 Å². The molecule has 1 aliphatic carbocycles. The molecule has 3 aliphatic rings. The molecule has 3 N–H and O–H groups in total. The smallest absolute Gasteiger partial charge is 0.336 e. The summed E-state index contributed by atoms with van der Waals surface area (Å²) in [5.41, 5.74) is 2.47. The first-order chi connectivity index (χ1) is 20.0. The van der Waals surface area contributed by atoms with E-state index in [2.05, 4.69) is 41.7 Å². The van der Waals surface area contributed by atoms with Gasteiger partial charge >= 0.3 is 5.97 Å². The number of nitrogens with zero attached hydrogens (tertiary/aromatic N) is 1. The Morgan fingerprint density at radius 3 is 2.44 bits per heavy atom. The number of nitrogens with one attached hydrogen (secondary N) is 1. The molecule has 0 saturated heterocycles. The minimum absolute atomic E-state index is 0.0233. The topological polar surface area (TPSA) is 100 Å². The summed E-state index contributed by atoms with van der Waals surface area (Å²) in [7, 11) is 1.85. The fourth-order valence-corrected chi connectivity index (χ4v) is 6.79. The first-order valence-electron chi connectivity index (χ1n) is 13.3. The van der Waals surface area contributed by atoms with Crippen LogP contribution in [0.4, 0.5) is 0 Å². The summed E-state index contributed by atoms with van der Waals surface area (Å²) in [6.07, 6.45) is 4.29. The second kappa shape index (κ2) is 9.74. The molecule has 0 bridgehead atoms. The summed E-state index contributed by atoms with van der Waals surface area (Å²) in [5.74, 6) is 1.11. The van der Waals surface area contributed by atoms with Crippen molar-refractivity contribution < 1.29 is 24.5 Å². The zero-order valence-electron chi connectivity index (χ0n) is 22.1. The van der Waals surface area contributed by atoms with Crippen LogP contribution in [0, 0.1) is 0 Å². The molecule has 1 spiro atoms. The number of fused-ring (bicyclic) bond motifs is 6. The molecule has 4 aromatic carbocycles. The lowest BCUT2D eigenvalue weighted by Gasteiger charge is -2.37. The number of aromatic hydroxyl groups is 2. The van der Waals surface area contributed by atoms with Gasteiger partial charge in [0.1, 0.15) is 23.0 Å². The Hall–Kier alpha value is -4.69. The van der Waals surface area contributed by atoms with E-state index in [1.54, 1.807) is 36.0 Å². The standard InChI is InChI=1S/C33H26N2O5S/c1-34-32(41-18-20-7-4-6-19-5-2-3-8-24(19)20)35-21-9-12-26-25(15-21)31(38)40-33(26)27-13-10-22(36)16-29(27)39-30-17-23(37)11-14-28(30)33/h2-14,16-17,21,36-37H,15,18H2,1H3,(H,34,35). The first-order valence-corrected chi connectivity index (χ1v) is 14.3. The maximum atomic E-state index is 13.4. The Bertz CT molecular complexity index is 1770. The number of phenolic OH excluding ortho intramolecular Hbond substituents is 2. The number of esters is 1. The van der Waals surface area contributed by atoms with Gasteiger partial charge in [-0.25, -0.2) is 4.79 Å². The Kier molecular flexibility index (Phi) is 6.01. The van der Waals surface area contributed by atoms with Crippen LogP contribution in [-0.4, -0.2) is 34.4 Å². The number of hydrogen-bond acceptors (Lipinski definition) is 7. The Labute approximate surface area is 240 Å². The number of carbonyl (C=O) groups is 1. The quantitative estimate of drug-likeness (QED) is 0.153. The van der Waals surface area contributed by atoms with Crippen molar-refractivity contribution in [2.75, 3.05) is 7.05 Å². The van der Waals surface area contributed by atoms with Crippen LogP contribution in [0.5, 0.6) is 23.0 Å². The number of ether oxygens (including phenoxy) is 2. The van der Waals surface area contributed by atoms with Gasteiger partial charge in [-0.15, -0.1) is 0 Å². The van der Waals surface area contributed by atoms with Gasteiger partial charge in [-0.05, 0) is 40.6 Å². The van der Waals surface area contributed by atoms with Gasteiger partial charge in [0.15, 0.2) is 10.8 Å². The summed E-state index contributed by atoms with van der Waals surface area (Å²) in [4.78, 5) is 18.4. The Balaban J connectivity index is 1.21. The fraction of sp³-hybridized carbons (Fsp3) is 0.152. The van der Waals surface area contributed by atoms with Crippen molar-refractivity contribution >= 4 is 33.7 Å². The molecule has 4 aromatic rings. The number of carbonyl (C=O) groups excluding carboxylic acids is 1. The number of amidine groups is 1. The molecule has 0 fully saturated rings. The molecule has 0 radical (unpaired) electrons. The van der Waals surface area contributed by atoms with E-state index in [1.165, 1.54) is 28.5 Å². The van der Waals surface area contributed by atoms with Crippen molar-refractivity contribution in [1.82, 2.24) is 5.32 Å². The zero-order valence-corrected chi connectivity index (χ0v) is 22.9. The fourth-order valence-electron chi connectivity index (χ4n) is 5.89. The minimum atomic E-state index is -1.25. The number of benzene rings is 4. The molecule has 2 heterocycles. The second-order valence-electron chi connectivity index (χ2n) is 10.2. The number of thioether (sulfide) groups is 1. The molecule has 7 rings (SSSR count). The van der Waals surface area contributed by atoms with Crippen molar-refractivity contribution in [2.24, 2.45) is 4.99 Å². The molecule has 1 atom stereocenters. The third-order valence-electron chi connectivity index (χ3n) is 7.75. The van der Waals surface area contributed by atoms with Crippen molar-refractivity contribution in [3.63, 3.8) is 0 Å². The Morgan fingerprint density at radius 1 is 1.00 bits per heavy atom. The van der Waals surface area contributed by atoms with E-state index in [0.29, 0.717) is 40.2 Å². The van der Waals surface area contributed by atoms with Gasteiger partial charge in [-0.3, -0.25) is 4.99 Å². The van der Waals surface area contributed by atoms with E-state index in [4.69, 9.17) is 14.5 Å². The third-order valence-corrected chi connectivity index (χ3v) is 8.78. The molecule has 8 heteroatoms. The van der Waals surface area contributed by atoms with Gasteiger partial charge < -0.3 is 25.0 Å². The maximum absolute atomic E-state index is 13.4. The van der Waals surface area contributed by atoms with Crippen molar-refractivity contribution in [3.8, 4) is 23.0 Å². The molecule has 0 saturated carbocycles. The third kappa shape index (κ3) is 4.14.